The van der Waals surface area contributed by atoms with Crippen molar-refractivity contribution in [1.29, 1.82) is 0 Å². The summed E-state index contributed by atoms with van der Waals surface area (Å²) in [5.74, 6) is 1.76. The molecule has 1 aromatic heterocycles. The lowest BCUT2D eigenvalue weighted by atomic mass is 10.0. The van der Waals surface area contributed by atoms with E-state index in [0.717, 1.165) is 46.1 Å². The molecule has 3 rings (SSSR count). The Balaban J connectivity index is 2.26. The van der Waals surface area contributed by atoms with Gasteiger partial charge in [0.2, 0.25) is 0 Å². The number of nitrogens with zero attached hydrogens (tertiary/aromatic N) is 4. The Labute approximate surface area is 136 Å². The first-order chi connectivity index (χ1) is 11.2. The zero-order valence-electron chi connectivity index (χ0n) is 14.1. The maximum atomic E-state index is 5.48. The van der Waals surface area contributed by atoms with Gasteiger partial charge in [0, 0.05) is 36.8 Å². The van der Waals surface area contributed by atoms with Crippen LogP contribution in [0.3, 0.4) is 0 Å². The predicted molar refractivity (Wildman–Crippen MR) is 94.9 cm³/mol. The molecule has 3 aromatic rings. The molecule has 0 aliphatic heterocycles. The van der Waals surface area contributed by atoms with Gasteiger partial charge in [-0.1, -0.05) is 19.1 Å². The molecular formula is C18H22N4O. The minimum absolute atomic E-state index is 0.876. The van der Waals surface area contributed by atoms with Gasteiger partial charge in [-0.2, -0.15) is 5.10 Å². The number of hydrazine groups is 1. The van der Waals surface area contributed by atoms with Gasteiger partial charge in [0.15, 0.2) is 5.82 Å². The van der Waals surface area contributed by atoms with Crippen molar-refractivity contribution in [3.63, 3.8) is 0 Å². The molecule has 0 aliphatic rings. The Morgan fingerprint density at radius 2 is 1.87 bits per heavy atom. The highest BCUT2D eigenvalue weighted by atomic mass is 16.5. The third-order valence-electron chi connectivity index (χ3n) is 3.98. The molecule has 5 nitrogen and oxygen atoms in total. The molecule has 0 fully saturated rings. The second-order valence-corrected chi connectivity index (χ2v) is 5.76. The van der Waals surface area contributed by atoms with E-state index in [1.807, 2.05) is 32.4 Å². The standard InChI is InChI=1S/C18H22N4O/c1-5-9-22(21(2)3)18-16-10-13-7-6-8-17(23-4)15(13)11-14(16)12-19-20-18/h6-8,10-12H,5,9H2,1-4H3. The maximum absolute atomic E-state index is 5.48. The average molecular weight is 310 g/mol. The molecule has 120 valence electrons. The van der Waals surface area contributed by atoms with Gasteiger partial charge >= 0.3 is 0 Å². The van der Waals surface area contributed by atoms with Gasteiger partial charge in [-0.25, -0.2) is 5.01 Å². The molecule has 0 saturated heterocycles. The van der Waals surface area contributed by atoms with Crippen LogP contribution in [0.5, 0.6) is 5.75 Å². The molecule has 0 aliphatic carbocycles. The van der Waals surface area contributed by atoms with Crippen molar-refractivity contribution in [3.8, 4) is 5.75 Å². The van der Waals surface area contributed by atoms with Crippen molar-refractivity contribution in [1.82, 2.24) is 15.2 Å². The Morgan fingerprint density at radius 1 is 1.09 bits per heavy atom. The summed E-state index contributed by atoms with van der Waals surface area (Å²) in [7, 11) is 5.75. The van der Waals surface area contributed by atoms with Crippen LogP contribution in [0.2, 0.25) is 0 Å². The Bertz CT molecular complexity index is 832. The highest BCUT2D eigenvalue weighted by Gasteiger charge is 2.15. The molecule has 0 atom stereocenters. The monoisotopic (exact) mass is 310 g/mol. The summed E-state index contributed by atoms with van der Waals surface area (Å²) in [5, 5.41) is 17.2. The second kappa shape index (κ2) is 6.38. The summed E-state index contributed by atoms with van der Waals surface area (Å²) in [5.41, 5.74) is 0. The van der Waals surface area contributed by atoms with Crippen LogP contribution in [-0.4, -0.2) is 43.0 Å². The van der Waals surface area contributed by atoms with Crippen molar-refractivity contribution >= 4 is 27.4 Å². The van der Waals surface area contributed by atoms with Crippen LogP contribution < -0.4 is 9.75 Å². The minimum atomic E-state index is 0.876. The van der Waals surface area contributed by atoms with Crippen molar-refractivity contribution in [2.45, 2.75) is 13.3 Å². The van der Waals surface area contributed by atoms with Crippen LogP contribution in [0.1, 0.15) is 13.3 Å². The lowest BCUT2D eigenvalue weighted by Crippen LogP contribution is -2.38. The summed E-state index contributed by atoms with van der Waals surface area (Å²) < 4.78 is 5.48. The smallest absolute Gasteiger partial charge is 0.173 e. The van der Waals surface area contributed by atoms with Crippen molar-refractivity contribution in [3.05, 3.63) is 36.5 Å². The molecule has 0 bridgehead atoms. The first-order valence-electron chi connectivity index (χ1n) is 7.82. The number of hydrogen-bond acceptors (Lipinski definition) is 5. The van der Waals surface area contributed by atoms with E-state index in [2.05, 4.69) is 45.3 Å². The van der Waals surface area contributed by atoms with E-state index in [1.54, 1.807) is 7.11 Å². The van der Waals surface area contributed by atoms with E-state index in [1.165, 1.54) is 0 Å². The molecule has 0 radical (unpaired) electrons. The number of rotatable bonds is 5. The lowest BCUT2D eigenvalue weighted by Gasteiger charge is -2.30. The highest BCUT2D eigenvalue weighted by molar-refractivity contribution is 6.04. The molecule has 0 N–H and O–H groups in total. The largest absolute Gasteiger partial charge is 0.496 e. The molecule has 0 amide bonds. The SMILES string of the molecule is CCCN(c1nncc2cc3c(OC)cccc3cc12)N(C)C. The van der Waals surface area contributed by atoms with Crippen molar-refractivity contribution in [2.24, 2.45) is 0 Å². The number of hydrogen-bond donors (Lipinski definition) is 0. The Morgan fingerprint density at radius 3 is 2.57 bits per heavy atom. The summed E-state index contributed by atoms with van der Waals surface area (Å²) >= 11 is 0. The molecule has 2 aromatic carbocycles. The van der Waals surface area contributed by atoms with E-state index in [9.17, 15) is 0 Å². The number of benzene rings is 2. The number of methoxy groups -OCH3 is 1. The summed E-state index contributed by atoms with van der Waals surface area (Å²) in [6.45, 7) is 3.06. The average Bonchev–Trinajstić information content (AvgIpc) is 2.56. The van der Waals surface area contributed by atoms with Gasteiger partial charge < -0.3 is 4.74 Å². The van der Waals surface area contributed by atoms with Gasteiger partial charge in [0.25, 0.3) is 0 Å². The summed E-state index contributed by atoms with van der Waals surface area (Å²) in [4.78, 5) is 0. The van der Waals surface area contributed by atoms with E-state index in [4.69, 9.17) is 4.74 Å². The van der Waals surface area contributed by atoms with Gasteiger partial charge in [0.1, 0.15) is 5.75 Å². The molecule has 23 heavy (non-hydrogen) atoms. The summed E-state index contributed by atoms with van der Waals surface area (Å²) in [6.07, 6.45) is 2.85. The van der Waals surface area contributed by atoms with E-state index >= 15 is 0 Å². The fourth-order valence-corrected chi connectivity index (χ4v) is 2.89. The number of ether oxygens (including phenoxy) is 1. The molecule has 1 heterocycles. The summed E-state index contributed by atoms with van der Waals surface area (Å²) in [6, 6.07) is 10.4. The number of aromatic nitrogens is 2. The zero-order valence-corrected chi connectivity index (χ0v) is 14.1. The lowest BCUT2D eigenvalue weighted by molar-refractivity contribution is 0.365. The molecule has 0 saturated carbocycles. The van der Waals surface area contributed by atoms with Gasteiger partial charge in [-0.3, -0.25) is 5.01 Å². The zero-order chi connectivity index (χ0) is 16.4. The quantitative estimate of drug-likeness (QED) is 0.533. The van der Waals surface area contributed by atoms with Crippen LogP contribution in [0.4, 0.5) is 5.82 Å². The number of anilines is 1. The van der Waals surface area contributed by atoms with Crippen molar-refractivity contribution in [2.75, 3.05) is 32.8 Å². The fourth-order valence-electron chi connectivity index (χ4n) is 2.89. The third kappa shape index (κ3) is 2.80. The van der Waals surface area contributed by atoms with Crippen LogP contribution in [0, 0.1) is 0 Å². The maximum Gasteiger partial charge on any atom is 0.173 e. The van der Waals surface area contributed by atoms with Crippen LogP contribution in [0.25, 0.3) is 21.5 Å². The second-order valence-electron chi connectivity index (χ2n) is 5.76. The van der Waals surface area contributed by atoms with E-state index in [-0.39, 0.29) is 0 Å². The molecule has 5 heteroatoms. The number of fused-ring (bicyclic) bond motifs is 2. The molecular weight excluding hydrogens is 288 g/mol. The van der Waals surface area contributed by atoms with Crippen molar-refractivity contribution < 1.29 is 4.74 Å². The fraction of sp³-hybridized carbons (Fsp3) is 0.333. The van der Waals surface area contributed by atoms with Crippen LogP contribution in [-0.2, 0) is 0 Å². The Hall–Kier alpha value is -2.40. The normalized spacial score (nSPS) is 11.3. The van der Waals surface area contributed by atoms with Gasteiger partial charge in [-0.15, -0.1) is 5.10 Å². The minimum Gasteiger partial charge on any atom is -0.496 e. The Kier molecular flexibility index (Phi) is 4.30. The molecule has 0 spiro atoms. The topological polar surface area (TPSA) is 41.5 Å². The first kappa shape index (κ1) is 15.5. The third-order valence-corrected chi connectivity index (χ3v) is 3.98. The first-order valence-corrected chi connectivity index (χ1v) is 7.82. The van der Waals surface area contributed by atoms with Gasteiger partial charge in [0.05, 0.1) is 13.3 Å². The highest BCUT2D eigenvalue weighted by Crippen LogP contribution is 2.32. The predicted octanol–water partition coefficient (Wildman–Crippen LogP) is 3.48. The molecule has 0 unspecified atom stereocenters. The van der Waals surface area contributed by atoms with E-state index in [0.29, 0.717) is 0 Å². The van der Waals surface area contributed by atoms with Crippen LogP contribution >= 0.6 is 0 Å². The van der Waals surface area contributed by atoms with E-state index < -0.39 is 0 Å². The van der Waals surface area contributed by atoms with Crippen LogP contribution in [0.15, 0.2) is 36.5 Å². The van der Waals surface area contributed by atoms with Gasteiger partial charge in [-0.05, 0) is 30.0 Å².